The van der Waals surface area contributed by atoms with E-state index in [1.165, 1.54) is 13.2 Å². The van der Waals surface area contributed by atoms with E-state index >= 15 is 0 Å². The summed E-state index contributed by atoms with van der Waals surface area (Å²) >= 11 is 3.39. The second-order valence-electron chi connectivity index (χ2n) is 5.88. The largest absolute Gasteiger partial charge is 0.497 e. The number of imide groups is 2. The summed E-state index contributed by atoms with van der Waals surface area (Å²) in [4.78, 5) is 38.4. The molecule has 1 N–H and O–H groups in total. The first kappa shape index (κ1) is 18.1. The van der Waals surface area contributed by atoms with Crippen molar-refractivity contribution in [3.63, 3.8) is 0 Å². The molecule has 1 saturated heterocycles. The maximum atomic E-state index is 12.9. The second kappa shape index (κ2) is 7.01. The molecule has 2 aliphatic heterocycles. The van der Waals surface area contributed by atoms with E-state index in [2.05, 4.69) is 21.2 Å². The first-order valence-corrected chi connectivity index (χ1v) is 8.92. The number of halogens is 1. The van der Waals surface area contributed by atoms with E-state index < -0.39 is 17.8 Å². The van der Waals surface area contributed by atoms with Crippen molar-refractivity contribution >= 4 is 45.5 Å². The van der Waals surface area contributed by atoms with Gasteiger partial charge in [-0.15, -0.1) is 0 Å². The molecule has 0 bridgehead atoms. The smallest absolute Gasteiger partial charge is 0.335 e. The lowest BCUT2D eigenvalue weighted by atomic mass is 10.1. The predicted molar refractivity (Wildman–Crippen MR) is 102 cm³/mol. The number of carbonyl (C=O) groups is 3. The predicted octanol–water partition coefficient (Wildman–Crippen LogP) is 2.85. The second-order valence-corrected chi connectivity index (χ2v) is 6.74. The van der Waals surface area contributed by atoms with Crippen LogP contribution in [0.25, 0.3) is 6.08 Å². The molecule has 0 atom stereocenters. The Labute approximate surface area is 167 Å². The molecule has 0 radical (unpaired) electrons. The van der Waals surface area contributed by atoms with Gasteiger partial charge in [-0.1, -0.05) is 15.9 Å². The molecule has 0 unspecified atom stereocenters. The van der Waals surface area contributed by atoms with Gasteiger partial charge in [0.05, 0.1) is 12.8 Å². The van der Waals surface area contributed by atoms with E-state index in [9.17, 15) is 14.4 Å². The molecule has 2 aromatic rings. The molecular formula is C19H13BrN2O6. The highest BCUT2D eigenvalue weighted by Gasteiger charge is 2.37. The Morgan fingerprint density at radius 2 is 1.79 bits per heavy atom. The lowest BCUT2D eigenvalue weighted by molar-refractivity contribution is -0.122. The average molecular weight is 445 g/mol. The summed E-state index contributed by atoms with van der Waals surface area (Å²) in [5.41, 5.74) is 0.660. The zero-order valence-corrected chi connectivity index (χ0v) is 16.1. The zero-order valence-electron chi connectivity index (χ0n) is 14.5. The number of methoxy groups -OCH3 is 1. The van der Waals surface area contributed by atoms with Gasteiger partial charge in [-0.05, 0) is 48.0 Å². The Morgan fingerprint density at radius 3 is 2.46 bits per heavy atom. The number of hydrogen-bond donors (Lipinski definition) is 1. The van der Waals surface area contributed by atoms with Gasteiger partial charge in [-0.3, -0.25) is 14.9 Å². The van der Waals surface area contributed by atoms with Gasteiger partial charge in [0.2, 0.25) is 6.79 Å². The zero-order chi connectivity index (χ0) is 19.8. The summed E-state index contributed by atoms with van der Waals surface area (Å²) in [7, 11) is 1.51. The summed E-state index contributed by atoms with van der Waals surface area (Å²) in [6, 6.07) is 8.86. The van der Waals surface area contributed by atoms with Crippen molar-refractivity contribution in [2.24, 2.45) is 0 Å². The lowest BCUT2D eigenvalue weighted by Gasteiger charge is -2.26. The summed E-state index contributed by atoms with van der Waals surface area (Å²) in [5.74, 6) is 0.128. The van der Waals surface area contributed by atoms with Gasteiger partial charge < -0.3 is 14.2 Å². The number of nitrogens with one attached hydrogen (secondary N) is 1. The van der Waals surface area contributed by atoms with Gasteiger partial charge in [0, 0.05) is 4.47 Å². The molecule has 0 spiro atoms. The van der Waals surface area contributed by atoms with Crippen molar-refractivity contribution < 1.29 is 28.6 Å². The number of carbonyl (C=O) groups excluding carboxylic acids is 3. The van der Waals surface area contributed by atoms with Gasteiger partial charge in [0.1, 0.15) is 11.3 Å². The number of ether oxygens (including phenoxy) is 3. The van der Waals surface area contributed by atoms with Crippen LogP contribution in [0, 0.1) is 0 Å². The number of anilines is 1. The SMILES string of the molecule is COc1ccc(N2C(=O)NC(=O)C(=Cc3cc4c(cc3Br)OCO4)C2=O)cc1. The van der Waals surface area contributed by atoms with Crippen LogP contribution in [0.5, 0.6) is 17.2 Å². The fraction of sp³-hybridized carbons (Fsp3) is 0.105. The van der Waals surface area contributed by atoms with E-state index in [1.807, 2.05) is 0 Å². The average Bonchev–Trinajstić information content (AvgIpc) is 3.12. The molecule has 2 heterocycles. The number of fused-ring (bicyclic) bond motifs is 1. The molecular weight excluding hydrogens is 432 g/mol. The molecule has 9 heteroatoms. The molecule has 4 amide bonds. The molecule has 0 saturated carbocycles. The molecule has 2 aromatic carbocycles. The van der Waals surface area contributed by atoms with Gasteiger partial charge in [-0.2, -0.15) is 0 Å². The number of urea groups is 1. The minimum atomic E-state index is -0.818. The number of amides is 4. The lowest BCUT2D eigenvalue weighted by Crippen LogP contribution is -2.54. The normalized spacial score (nSPS) is 17.1. The van der Waals surface area contributed by atoms with E-state index in [-0.39, 0.29) is 12.4 Å². The Morgan fingerprint density at radius 1 is 1.11 bits per heavy atom. The highest BCUT2D eigenvalue weighted by molar-refractivity contribution is 9.10. The van der Waals surface area contributed by atoms with Crippen molar-refractivity contribution in [1.82, 2.24) is 5.32 Å². The standard InChI is InChI=1S/C19H13BrN2O6/c1-26-12-4-2-11(3-5-12)22-18(24)13(17(23)21-19(22)25)6-10-7-15-16(8-14(10)20)28-9-27-15/h2-8H,9H2,1H3,(H,21,23,25). The Balaban J connectivity index is 1.72. The van der Waals surface area contributed by atoms with E-state index in [0.29, 0.717) is 33.0 Å². The van der Waals surface area contributed by atoms with Crippen molar-refractivity contribution in [1.29, 1.82) is 0 Å². The fourth-order valence-corrected chi connectivity index (χ4v) is 3.26. The minimum absolute atomic E-state index is 0.0982. The van der Waals surface area contributed by atoms with Crippen LogP contribution in [0.4, 0.5) is 10.5 Å². The van der Waals surface area contributed by atoms with Crippen LogP contribution >= 0.6 is 15.9 Å². The summed E-state index contributed by atoms with van der Waals surface area (Å²) in [6.07, 6.45) is 1.40. The molecule has 0 aromatic heterocycles. The van der Waals surface area contributed by atoms with Crippen molar-refractivity contribution in [2.75, 3.05) is 18.8 Å². The van der Waals surface area contributed by atoms with Crippen LogP contribution in [0.15, 0.2) is 46.4 Å². The first-order valence-electron chi connectivity index (χ1n) is 8.12. The van der Waals surface area contributed by atoms with Crippen LogP contribution in [-0.2, 0) is 9.59 Å². The summed E-state index contributed by atoms with van der Waals surface area (Å²) in [6.45, 7) is 0.0982. The van der Waals surface area contributed by atoms with Crippen molar-refractivity contribution in [3.05, 3.63) is 52.0 Å². The maximum Gasteiger partial charge on any atom is 0.335 e. The third-order valence-corrected chi connectivity index (χ3v) is 4.91. The Hall–Kier alpha value is -3.33. The minimum Gasteiger partial charge on any atom is -0.497 e. The fourth-order valence-electron chi connectivity index (χ4n) is 2.82. The Kier molecular flexibility index (Phi) is 4.52. The molecule has 28 heavy (non-hydrogen) atoms. The van der Waals surface area contributed by atoms with Crippen LogP contribution in [0.3, 0.4) is 0 Å². The number of benzene rings is 2. The topological polar surface area (TPSA) is 94.2 Å². The van der Waals surface area contributed by atoms with Crippen LogP contribution < -0.4 is 24.4 Å². The third-order valence-electron chi connectivity index (χ3n) is 4.22. The molecule has 2 aliphatic rings. The van der Waals surface area contributed by atoms with Gasteiger partial charge >= 0.3 is 6.03 Å². The molecule has 1 fully saturated rings. The summed E-state index contributed by atoms with van der Waals surface area (Å²) < 4.78 is 16.3. The number of nitrogens with zero attached hydrogens (tertiary/aromatic N) is 1. The van der Waals surface area contributed by atoms with E-state index in [1.54, 1.807) is 36.4 Å². The van der Waals surface area contributed by atoms with Crippen molar-refractivity contribution in [3.8, 4) is 17.2 Å². The van der Waals surface area contributed by atoms with Crippen LogP contribution in [-0.4, -0.2) is 31.7 Å². The van der Waals surface area contributed by atoms with Gasteiger partial charge in [0.15, 0.2) is 11.5 Å². The van der Waals surface area contributed by atoms with Crippen LogP contribution in [0.2, 0.25) is 0 Å². The number of hydrogen-bond acceptors (Lipinski definition) is 6. The molecule has 142 valence electrons. The van der Waals surface area contributed by atoms with E-state index in [4.69, 9.17) is 14.2 Å². The monoisotopic (exact) mass is 444 g/mol. The first-order chi connectivity index (χ1) is 13.5. The maximum absolute atomic E-state index is 12.9. The van der Waals surface area contributed by atoms with Crippen LogP contribution in [0.1, 0.15) is 5.56 Å². The molecule has 0 aliphatic carbocycles. The number of barbiturate groups is 1. The molecule has 4 rings (SSSR count). The highest BCUT2D eigenvalue weighted by Crippen LogP contribution is 2.38. The third kappa shape index (κ3) is 3.09. The number of rotatable bonds is 3. The van der Waals surface area contributed by atoms with Gasteiger partial charge in [0.25, 0.3) is 11.8 Å². The summed E-state index contributed by atoms with van der Waals surface area (Å²) in [5, 5.41) is 2.19. The van der Waals surface area contributed by atoms with E-state index in [0.717, 1.165) is 4.90 Å². The quantitative estimate of drug-likeness (QED) is 0.577. The Bertz CT molecular complexity index is 1030. The van der Waals surface area contributed by atoms with Crippen molar-refractivity contribution in [2.45, 2.75) is 0 Å². The highest BCUT2D eigenvalue weighted by atomic mass is 79.9. The van der Waals surface area contributed by atoms with Gasteiger partial charge in [-0.25, -0.2) is 9.69 Å². The molecule has 8 nitrogen and oxygen atoms in total.